The molecule has 0 fully saturated rings. The van der Waals surface area contributed by atoms with Gasteiger partial charge in [-0.2, -0.15) is 0 Å². The van der Waals surface area contributed by atoms with Crippen molar-refractivity contribution in [2.24, 2.45) is 0 Å². The van der Waals surface area contributed by atoms with Crippen LogP contribution in [0, 0.1) is 3.57 Å². The summed E-state index contributed by atoms with van der Waals surface area (Å²) in [4.78, 5) is 20.7. The van der Waals surface area contributed by atoms with Crippen LogP contribution in [0.5, 0.6) is 0 Å². The minimum atomic E-state index is -0.930. The zero-order valence-corrected chi connectivity index (χ0v) is 35.4. The van der Waals surface area contributed by atoms with Gasteiger partial charge in [0.25, 0.3) is 0 Å². The molecule has 9 aromatic rings. The Balaban J connectivity index is 0.000000191. The van der Waals surface area contributed by atoms with Crippen molar-refractivity contribution in [2.45, 2.75) is 7.43 Å². The van der Waals surface area contributed by atoms with E-state index in [1.807, 2.05) is 182 Å². The van der Waals surface area contributed by atoms with Gasteiger partial charge in [0.05, 0.1) is 5.56 Å². The van der Waals surface area contributed by atoms with Crippen LogP contribution in [0.2, 0.25) is 10.0 Å². The van der Waals surface area contributed by atoms with Crippen LogP contribution in [0.4, 0.5) is 5.69 Å². The van der Waals surface area contributed by atoms with Crippen molar-refractivity contribution in [1.29, 1.82) is 0 Å². The number of benzene rings is 7. The molecule has 0 amide bonds. The van der Waals surface area contributed by atoms with Gasteiger partial charge < -0.3 is 19.3 Å². The predicted octanol–water partition coefficient (Wildman–Crippen LogP) is 15.1. The first-order valence-corrected chi connectivity index (χ1v) is 20.7. The molecule has 0 unspecified atom stereocenters. The molecule has 302 valence electrons. The van der Waals surface area contributed by atoms with Crippen molar-refractivity contribution in [3.05, 3.63) is 196 Å². The van der Waals surface area contributed by atoms with Crippen LogP contribution in [0.1, 0.15) is 7.43 Å². The van der Waals surface area contributed by atoms with Crippen LogP contribution in [-0.4, -0.2) is 27.6 Å². The summed E-state index contributed by atoms with van der Waals surface area (Å²) in [5.74, 6) is 1.59. The average molecular weight is 955 g/mol. The van der Waals surface area contributed by atoms with Gasteiger partial charge in [0.2, 0.25) is 11.8 Å². The van der Waals surface area contributed by atoms with Gasteiger partial charge in [-0.05, 0) is 82.2 Å². The molecule has 10 heteroatoms. The van der Waals surface area contributed by atoms with Gasteiger partial charge in [-0.15, -0.1) is 0 Å². The quantitative estimate of drug-likeness (QED) is 0.132. The summed E-state index contributed by atoms with van der Waals surface area (Å²) in [5, 5.41) is 13.2. The zero-order valence-electron chi connectivity index (χ0n) is 31.7. The van der Waals surface area contributed by atoms with Crippen LogP contribution < -0.4 is 5.32 Å². The topological polar surface area (TPSA) is 101 Å². The largest absolute Gasteiger partial charge is 0.480 e. The lowest BCUT2D eigenvalue weighted by molar-refractivity contribution is -0.134. The molecule has 0 aliphatic rings. The molecular formula is C51H38Cl2IN3O4. The lowest BCUT2D eigenvalue weighted by atomic mass is 9.99. The third-order valence-electron chi connectivity index (χ3n) is 9.41. The number of hydrogen-bond acceptors (Lipinski definition) is 6. The van der Waals surface area contributed by atoms with E-state index >= 15 is 0 Å². The van der Waals surface area contributed by atoms with Crippen molar-refractivity contribution in [3.8, 4) is 79.2 Å². The van der Waals surface area contributed by atoms with Gasteiger partial charge in [0.15, 0.2) is 11.5 Å². The van der Waals surface area contributed by atoms with E-state index in [0.717, 1.165) is 65.2 Å². The fraction of sp³-hybridized carbons (Fsp3) is 0.0392. The number of hydrogen-bond donors (Lipinski definition) is 2. The van der Waals surface area contributed by atoms with Gasteiger partial charge in [0.1, 0.15) is 17.9 Å². The number of nitrogens with zero attached hydrogens (tertiary/aromatic N) is 2. The van der Waals surface area contributed by atoms with Crippen molar-refractivity contribution >= 4 is 57.4 Å². The van der Waals surface area contributed by atoms with Gasteiger partial charge in [-0.3, -0.25) is 4.79 Å². The normalized spacial score (nSPS) is 10.6. The van der Waals surface area contributed by atoms with Crippen LogP contribution in [0.25, 0.3) is 79.2 Å². The second-order valence-corrected chi connectivity index (χ2v) is 15.5. The molecular weight excluding hydrogens is 916 g/mol. The first kappa shape index (κ1) is 42.7. The summed E-state index contributed by atoms with van der Waals surface area (Å²) < 4.78 is 13.6. The third kappa shape index (κ3) is 10.1. The maximum Gasteiger partial charge on any atom is 0.322 e. The predicted molar refractivity (Wildman–Crippen MR) is 257 cm³/mol. The minimum absolute atomic E-state index is 0. The molecule has 0 radical (unpaired) electrons. The van der Waals surface area contributed by atoms with Crippen LogP contribution in [-0.2, 0) is 4.79 Å². The molecule has 9 rings (SSSR count). The minimum Gasteiger partial charge on any atom is -0.480 e. The number of aliphatic carboxylic acids is 1. The highest BCUT2D eigenvalue weighted by atomic mass is 127. The summed E-state index contributed by atoms with van der Waals surface area (Å²) in [6.45, 7) is -0.174. The summed E-state index contributed by atoms with van der Waals surface area (Å²) in [7, 11) is 0. The Morgan fingerprint density at radius 2 is 0.967 bits per heavy atom. The Kier molecular flexibility index (Phi) is 13.8. The highest BCUT2D eigenvalue weighted by Gasteiger charge is 2.22. The van der Waals surface area contributed by atoms with Crippen molar-refractivity contribution in [2.75, 3.05) is 11.9 Å². The Bertz CT molecular complexity index is 2770. The molecule has 2 N–H and O–H groups in total. The molecule has 0 saturated heterocycles. The molecule has 0 bridgehead atoms. The number of oxazole rings is 2. The molecule has 0 atom stereocenters. The summed E-state index contributed by atoms with van der Waals surface area (Å²) in [6, 6.07) is 58.8. The monoisotopic (exact) mass is 953 g/mol. The second-order valence-electron chi connectivity index (χ2n) is 13.5. The van der Waals surface area contributed by atoms with E-state index in [4.69, 9.17) is 47.1 Å². The van der Waals surface area contributed by atoms with Gasteiger partial charge in [-0.1, -0.05) is 164 Å². The van der Waals surface area contributed by atoms with E-state index in [-0.39, 0.29) is 14.0 Å². The lowest BCUT2D eigenvalue weighted by Crippen LogP contribution is -2.12. The fourth-order valence-electron chi connectivity index (χ4n) is 6.60. The molecule has 7 aromatic carbocycles. The number of rotatable bonds is 10. The number of aromatic nitrogens is 2. The molecule has 61 heavy (non-hydrogen) atoms. The van der Waals surface area contributed by atoms with E-state index in [2.05, 4.69) is 27.9 Å². The number of carboxylic acid groups (broad SMARTS) is 1. The standard InChI is InChI=1S/C29H21ClN2O3.C21H13ClINO.CH4/c30-22-14-15-24(25(17-22)21-12-7-13-23(16-21)31-18-26(33)34)29-32-27(19-8-3-1-4-9-19)28(35-29)20-10-5-2-6-11-20;22-16-11-12-17(18(23)13-16)21-24-19(14-7-3-1-4-8-14)20(25-21)15-9-5-2-6-10-15;/h1-17,31H,18H2,(H,33,34);1-13H;1H4. The highest BCUT2D eigenvalue weighted by molar-refractivity contribution is 14.1. The van der Waals surface area contributed by atoms with E-state index in [1.165, 1.54) is 0 Å². The van der Waals surface area contributed by atoms with Crippen LogP contribution in [0.15, 0.2) is 191 Å². The highest BCUT2D eigenvalue weighted by Crippen LogP contribution is 2.41. The number of carbonyl (C=O) groups is 1. The van der Waals surface area contributed by atoms with Gasteiger partial charge in [0, 0.05) is 47.1 Å². The number of carboxylic acids is 1. The molecule has 7 nitrogen and oxygen atoms in total. The van der Waals surface area contributed by atoms with E-state index in [1.54, 1.807) is 0 Å². The number of anilines is 1. The maximum atomic E-state index is 11.0. The van der Waals surface area contributed by atoms with Gasteiger partial charge in [-0.25, -0.2) is 9.97 Å². The van der Waals surface area contributed by atoms with E-state index < -0.39 is 5.97 Å². The molecule has 2 aromatic heterocycles. The van der Waals surface area contributed by atoms with Gasteiger partial charge >= 0.3 is 5.97 Å². The Labute approximate surface area is 377 Å². The van der Waals surface area contributed by atoms with Crippen molar-refractivity contribution in [3.63, 3.8) is 0 Å². The number of nitrogens with one attached hydrogen (secondary N) is 1. The lowest BCUT2D eigenvalue weighted by Gasteiger charge is -2.10. The van der Waals surface area contributed by atoms with Crippen LogP contribution in [0.3, 0.4) is 0 Å². The molecule has 0 aliphatic carbocycles. The third-order valence-corrected chi connectivity index (χ3v) is 10.8. The Morgan fingerprint density at radius 1 is 0.525 bits per heavy atom. The van der Waals surface area contributed by atoms with E-state index in [0.29, 0.717) is 33.3 Å². The smallest absolute Gasteiger partial charge is 0.322 e. The summed E-state index contributed by atoms with van der Waals surface area (Å²) >= 11 is 14.7. The molecule has 0 aliphatic heterocycles. The number of halogens is 3. The Hall–Kier alpha value is -6.46. The molecule has 2 heterocycles. The zero-order chi connectivity index (χ0) is 41.4. The molecule has 0 saturated carbocycles. The summed E-state index contributed by atoms with van der Waals surface area (Å²) in [6.07, 6.45) is 0. The Morgan fingerprint density at radius 3 is 1.46 bits per heavy atom. The average Bonchev–Trinajstić information content (AvgIpc) is 3.94. The first-order valence-electron chi connectivity index (χ1n) is 18.9. The SMILES string of the molecule is C.Clc1ccc(-c2nc(-c3ccccc3)c(-c3ccccc3)o2)c(I)c1.O=C(O)CNc1cccc(-c2cc(Cl)ccc2-c2nc(-c3ccccc3)c(-c3ccccc3)o2)c1. The van der Waals surface area contributed by atoms with Crippen molar-refractivity contribution < 1.29 is 18.7 Å². The van der Waals surface area contributed by atoms with Crippen molar-refractivity contribution in [1.82, 2.24) is 9.97 Å². The maximum absolute atomic E-state index is 11.0. The second kappa shape index (κ2) is 19.7. The summed E-state index contributed by atoms with van der Waals surface area (Å²) in [5.41, 5.74) is 9.61. The fourth-order valence-corrected chi connectivity index (χ4v) is 7.88. The van der Waals surface area contributed by atoms with Crippen LogP contribution >= 0.6 is 45.8 Å². The first-order chi connectivity index (χ1) is 29.3. The van der Waals surface area contributed by atoms with E-state index in [9.17, 15) is 4.79 Å². The molecule has 0 spiro atoms.